The fourth-order valence-corrected chi connectivity index (χ4v) is 7.36. The molecule has 15 nitrogen and oxygen atoms in total. The minimum absolute atomic E-state index is 0.0391. The molecule has 2 amide bonds. The summed E-state index contributed by atoms with van der Waals surface area (Å²) in [7, 11) is 1.25. The van der Waals surface area contributed by atoms with E-state index in [1.165, 1.54) is 46.9 Å². The van der Waals surface area contributed by atoms with E-state index in [2.05, 4.69) is 35.1 Å². The number of nitrogens with zero attached hydrogens (tertiary/aromatic N) is 8. The second-order valence-corrected chi connectivity index (χ2v) is 11.4. The number of aryl methyl sites for hydroxylation is 1. The average molecular weight is 569 g/mol. The van der Waals surface area contributed by atoms with Crippen molar-refractivity contribution < 1.29 is 24.3 Å². The van der Waals surface area contributed by atoms with Gasteiger partial charge in [0, 0.05) is 23.0 Å². The number of thioether (sulfide) groups is 2. The van der Waals surface area contributed by atoms with Gasteiger partial charge in [-0.25, -0.2) is 4.79 Å². The molecule has 2 aliphatic rings. The highest BCUT2D eigenvalue weighted by Crippen LogP contribution is 2.42. The van der Waals surface area contributed by atoms with Gasteiger partial charge in [-0.1, -0.05) is 28.3 Å². The number of carboxylic acids is 1. The number of nitrogens with one attached hydrogen (secondary N) is 1. The van der Waals surface area contributed by atoms with Crippen LogP contribution < -0.4 is 11.1 Å². The second kappa shape index (κ2) is 9.64. The van der Waals surface area contributed by atoms with Crippen LogP contribution in [0.3, 0.4) is 0 Å². The Hall–Kier alpha value is -3.29. The van der Waals surface area contributed by atoms with E-state index in [4.69, 9.17) is 10.6 Å². The van der Waals surface area contributed by atoms with Gasteiger partial charge in [0.25, 0.3) is 11.8 Å². The fraction of sp³-hybridized carbons (Fsp3) is 0.353. The number of oxime groups is 1. The predicted molar refractivity (Wildman–Crippen MR) is 132 cm³/mol. The minimum atomic E-state index is -1.22. The SMILES string of the molecule is CO/N=C(\C(=O)N[C@@H]1C(=O)N2C(C(=O)O)=C(CSc3nn4c(C)nnc4s3)CS[C@H]12)c1nsc(N)n1. The summed E-state index contributed by atoms with van der Waals surface area (Å²) in [6.07, 6.45) is 0. The smallest absolute Gasteiger partial charge is 0.352 e. The number of carbonyl (C=O) groups is 3. The second-order valence-electron chi connectivity index (χ2n) is 7.30. The summed E-state index contributed by atoms with van der Waals surface area (Å²) >= 11 is 4.94. The van der Waals surface area contributed by atoms with Gasteiger partial charge in [-0.2, -0.15) is 13.9 Å². The van der Waals surface area contributed by atoms with E-state index in [1.807, 2.05) is 0 Å². The van der Waals surface area contributed by atoms with Gasteiger partial charge in [0.2, 0.25) is 16.5 Å². The predicted octanol–water partition coefficient (Wildman–Crippen LogP) is -0.191. The molecule has 0 saturated carbocycles. The van der Waals surface area contributed by atoms with Crippen molar-refractivity contribution in [2.75, 3.05) is 24.3 Å². The maximum atomic E-state index is 13.0. The normalized spacial score (nSPS) is 19.9. The van der Waals surface area contributed by atoms with Crippen LogP contribution in [0, 0.1) is 6.92 Å². The molecule has 0 aliphatic carbocycles. The van der Waals surface area contributed by atoms with E-state index in [0.717, 1.165) is 11.5 Å². The van der Waals surface area contributed by atoms with Crippen molar-refractivity contribution in [2.24, 2.45) is 5.16 Å². The standard InChI is InChI=1S/C17H16N10O5S4/c1-5-21-22-16-27(5)23-17(35-16)34-4-6-3-33-13-8(12(29)26(13)9(6)14(30)31)19-11(28)7(24-32-2)10-20-15(18)36-25-10/h8,13H,3-4H2,1-2H3,(H,19,28)(H,30,31)(H2,18,20,25)/b24-7-/t8-,13-/m1/s1. The van der Waals surface area contributed by atoms with Crippen molar-refractivity contribution in [3.63, 3.8) is 0 Å². The Morgan fingerprint density at radius 1 is 1.39 bits per heavy atom. The number of carbonyl (C=O) groups excluding carboxylic acids is 2. The lowest BCUT2D eigenvalue weighted by Gasteiger charge is -2.49. The van der Waals surface area contributed by atoms with Crippen LogP contribution >= 0.6 is 46.4 Å². The molecule has 1 saturated heterocycles. The Labute approximate surface area is 218 Å². The van der Waals surface area contributed by atoms with Gasteiger partial charge in [-0.3, -0.25) is 14.5 Å². The number of nitrogens with two attached hydrogens (primary N) is 1. The van der Waals surface area contributed by atoms with E-state index in [9.17, 15) is 19.5 Å². The van der Waals surface area contributed by atoms with E-state index < -0.39 is 29.2 Å². The van der Waals surface area contributed by atoms with Crippen LogP contribution in [0.15, 0.2) is 20.8 Å². The summed E-state index contributed by atoms with van der Waals surface area (Å²) in [6, 6.07) is -0.952. The summed E-state index contributed by atoms with van der Waals surface area (Å²) in [5.41, 5.74) is 5.83. The largest absolute Gasteiger partial charge is 0.477 e. The third-order valence-corrected chi connectivity index (χ3v) is 9.09. The van der Waals surface area contributed by atoms with Crippen LogP contribution in [0.5, 0.6) is 0 Å². The molecule has 2 aliphatic heterocycles. The van der Waals surface area contributed by atoms with Crippen molar-refractivity contribution in [1.29, 1.82) is 0 Å². The number of fused-ring (bicyclic) bond motifs is 2. The van der Waals surface area contributed by atoms with Gasteiger partial charge in [0.05, 0.1) is 0 Å². The van der Waals surface area contributed by atoms with Crippen molar-refractivity contribution in [1.82, 2.24) is 39.4 Å². The third-order valence-electron chi connectivity index (χ3n) is 5.09. The first kappa shape index (κ1) is 24.4. The molecular formula is C17H16N10O5S4. The van der Waals surface area contributed by atoms with Crippen molar-refractivity contribution in [3.8, 4) is 0 Å². The maximum absolute atomic E-state index is 13.0. The number of carboxylic acid groups (broad SMARTS) is 1. The number of hydrogen-bond donors (Lipinski definition) is 3. The molecule has 0 unspecified atom stereocenters. The number of amides is 2. The summed E-state index contributed by atoms with van der Waals surface area (Å²) in [4.78, 5) is 48.4. The lowest BCUT2D eigenvalue weighted by Crippen LogP contribution is -2.71. The number of aromatic nitrogens is 6. The monoisotopic (exact) mass is 568 g/mol. The lowest BCUT2D eigenvalue weighted by atomic mass is 10.0. The van der Waals surface area contributed by atoms with Crippen molar-refractivity contribution in [3.05, 3.63) is 22.9 Å². The summed E-state index contributed by atoms with van der Waals surface area (Å²) in [5.74, 6) is -1.20. The number of rotatable bonds is 8. The average Bonchev–Trinajstić information content (AvgIpc) is 3.56. The molecule has 4 N–H and O–H groups in total. The zero-order valence-corrected chi connectivity index (χ0v) is 21.7. The van der Waals surface area contributed by atoms with Crippen LogP contribution in [0.2, 0.25) is 0 Å². The molecule has 3 aromatic heterocycles. The zero-order valence-electron chi connectivity index (χ0n) is 18.4. The Balaban J connectivity index is 1.30. The molecule has 5 heterocycles. The van der Waals surface area contributed by atoms with E-state index in [-0.39, 0.29) is 22.4 Å². The first-order chi connectivity index (χ1) is 17.3. The minimum Gasteiger partial charge on any atom is -0.477 e. The Morgan fingerprint density at radius 2 is 2.19 bits per heavy atom. The van der Waals surface area contributed by atoms with Crippen LogP contribution in [0.1, 0.15) is 11.6 Å². The lowest BCUT2D eigenvalue weighted by molar-refractivity contribution is -0.150. The summed E-state index contributed by atoms with van der Waals surface area (Å²) < 4.78 is 6.27. The first-order valence-corrected chi connectivity index (χ1v) is 13.6. The highest BCUT2D eigenvalue weighted by Gasteiger charge is 2.54. The van der Waals surface area contributed by atoms with Crippen LogP contribution in [0.25, 0.3) is 4.96 Å². The molecule has 5 rings (SSSR count). The molecule has 3 aromatic rings. The third kappa shape index (κ3) is 4.27. The van der Waals surface area contributed by atoms with Crippen LogP contribution in [-0.2, 0) is 19.2 Å². The van der Waals surface area contributed by atoms with Gasteiger partial charge in [0.15, 0.2) is 15.3 Å². The first-order valence-electron chi connectivity index (χ1n) is 10.0. The van der Waals surface area contributed by atoms with Crippen LogP contribution in [-0.4, -0.2) is 92.7 Å². The van der Waals surface area contributed by atoms with Gasteiger partial charge < -0.3 is 21.0 Å². The fourth-order valence-electron chi connectivity index (χ4n) is 3.51. The van der Waals surface area contributed by atoms with Gasteiger partial charge >= 0.3 is 5.97 Å². The van der Waals surface area contributed by atoms with E-state index >= 15 is 0 Å². The highest BCUT2D eigenvalue weighted by atomic mass is 32.2. The van der Waals surface area contributed by atoms with Gasteiger partial charge in [-0.05, 0) is 12.5 Å². The molecule has 0 spiro atoms. The molecule has 36 heavy (non-hydrogen) atoms. The Morgan fingerprint density at radius 3 is 2.86 bits per heavy atom. The highest BCUT2D eigenvalue weighted by molar-refractivity contribution is 8.02. The number of anilines is 1. The molecule has 19 heteroatoms. The molecule has 1 fully saturated rings. The Bertz CT molecular complexity index is 1440. The number of β-lactam (4-membered cyclic amide) rings is 1. The molecule has 2 atom stereocenters. The van der Waals surface area contributed by atoms with Crippen LogP contribution in [0.4, 0.5) is 5.13 Å². The molecule has 0 radical (unpaired) electrons. The summed E-state index contributed by atoms with van der Waals surface area (Å²) in [5, 5.41) is 28.1. The van der Waals surface area contributed by atoms with Crippen molar-refractivity contribution >= 4 is 80.0 Å². The topological polar surface area (TPSA) is 203 Å². The molecule has 188 valence electrons. The number of hydrogen-bond acceptors (Lipinski definition) is 15. The zero-order chi connectivity index (χ0) is 25.6. The maximum Gasteiger partial charge on any atom is 0.352 e. The van der Waals surface area contributed by atoms with E-state index in [0.29, 0.717) is 32.2 Å². The number of aliphatic carboxylic acids is 1. The van der Waals surface area contributed by atoms with Gasteiger partial charge in [-0.15, -0.1) is 27.1 Å². The molecule has 0 aromatic carbocycles. The van der Waals surface area contributed by atoms with Gasteiger partial charge in [0.1, 0.15) is 24.2 Å². The molecule has 0 bridgehead atoms. The van der Waals surface area contributed by atoms with E-state index in [1.54, 1.807) is 11.4 Å². The summed E-state index contributed by atoms with van der Waals surface area (Å²) in [6.45, 7) is 1.79. The molecular weight excluding hydrogens is 553 g/mol. The number of nitrogen functional groups attached to an aromatic ring is 1. The quantitative estimate of drug-likeness (QED) is 0.140. The Kier molecular flexibility index (Phi) is 6.53. The van der Waals surface area contributed by atoms with Crippen molar-refractivity contribution in [2.45, 2.75) is 22.7 Å².